The molecule has 0 bridgehead atoms. The topological polar surface area (TPSA) is 71.3 Å². The van der Waals surface area contributed by atoms with Gasteiger partial charge in [0.2, 0.25) is 17.7 Å². The minimum Gasteiger partial charge on any atom is -0.421 e. The van der Waals surface area contributed by atoms with Gasteiger partial charge >= 0.3 is 0 Å². The first-order valence-corrected chi connectivity index (χ1v) is 10.7. The van der Waals surface area contributed by atoms with Crippen LogP contribution in [0, 0.1) is 0 Å². The first-order chi connectivity index (χ1) is 14.7. The zero-order valence-electron chi connectivity index (χ0n) is 16.8. The van der Waals surface area contributed by atoms with Crippen LogP contribution in [0.25, 0.3) is 11.5 Å². The molecule has 2 aromatic carbocycles. The van der Waals surface area contributed by atoms with Crippen molar-refractivity contribution in [2.45, 2.75) is 31.7 Å². The summed E-state index contributed by atoms with van der Waals surface area (Å²) in [6.45, 7) is 2.58. The number of aryl methyl sites for hydroxylation is 1. The molecule has 1 atom stereocenters. The Bertz CT molecular complexity index is 970. The van der Waals surface area contributed by atoms with Crippen molar-refractivity contribution in [3.05, 3.63) is 71.1 Å². The lowest BCUT2D eigenvalue weighted by Gasteiger charge is -2.29. The summed E-state index contributed by atoms with van der Waals surface area (Å²) in [6.07, 6.45) is 3.06. The molecule has 1 aliphatic rings. The Morgan fingerprint density at radius 1 is 1.07 bits per heavy atom. The maximum Gasteiger partial charge on any atom is 0.247 e. The third-order valence-electron chi connectivity index (χ3n) is 5.39. The summed E-state index contributed by atoms with van der Waals surface area (Å²) in [5, 5.41) is 11.9. The lowest BCUT2D eigenvalue weighted by Crippen LogP contribution is -2.37. The van der Waals surface area contributed by atoms with Crippen LogP contribution in [-0.2, 0) is 11.2 Å². The molecule has 1 unspecified atom stereocenters. The largest absolute Gasteiger partial charge is 0.421 e. The zero-order chi connectivity index (χ0) is 20.8. The number of likely N-dealkylation sites (tertiary alicyclic amines) is 1. The van der Waals surface area contributed by atoms with Gasteiger partial charge < -0.3 is 9.73 Å². The molecule has 1 N–H and O–H groups in total. The van der Waals surface area contributed by atoms with Crippen LogP contribution in [-0.4, -0.2) is 40.6 Å². The molecular formula is C23H25ClN4O2. The standard InChI is InChI=1S/C23H25ClN4O2/c24-19-11-5-4-10-18(19)20(28-14-6-7-15-28)16-25-21(29)12-13-22-26-27-23(30-22)17-8-2-1-3-9-17/h1-5,8-11,20H,6-7,12-16H2,(H,25,29). The number of hydrogen-bond donors (Lipinski definition) is 1. The van der Waals surface area contributed by atoms with E-state index in [1.807, 2.05) is 54.6 Å². The maximum absolute atomic E-state index is 12.5. The molecule has 1 aliphatic heterocycles. The van der Waals surface area contributed by atoms with E-state index in [1.165, 1.54) is 12.8 Å². The van der Waals surface area contributed by atoms with Gasteiger partial charge in [-0.05, 0) is 49.7 Å². The molecule has 4 rings (SSSR count). The van der Waals surface area contributed by atoms with Crippen LogP contribution in [0.15, 0.2) is 59.0 Å². The van der Waals surface area contributed by atoms with Crippen LogP contribution in [0.2, 0.25) is 5.02 Å². The Morgan fingerprint density at radius 2 is 1.80 bits per heavy atom. The van der Waals surface area contributed by atoms with Crippen LogP contribution >= 0.6 is 11.6 Å². The number of carbonyl (C=O) groups excluding carboxylic acids is 1. The number of nitrogens with one attached hydrogen (secondary N) is 1. The fraction of sp³-hybridized carbons (Fsp3) is 0.348. The van der Waals surface area contributed by atoms with Crippen molar-refractivity contribution >= 4 is 17.5 Å². The Labute approximate surface area is 181 Å². The number of carbonyl (C=O) groups is 1. The molecule has 0 spiro atoms. The van der Waals surface area contributed by atoms with E-state index in [0.29, 0.717) is 31.2 Å². The van der Waals surface area contributed by atoms with Crippen LogP contribution in [0.5, 0.6) is 0 Å². The average Bonchev–Trinajstić information content (AvgIpc) is 3.47. The van der Waals surface area contributed by atoms with Crippen LogP contribution in [0.1, 0.15) is 36.8 Å². The van der Waals surface area contributed by atoms with Crippen molar-refractivity contribution in [3.63, 3.8) is 0 Å². The number of nitrogens with zero attached hydrogens (tertiary/aromatic N) is 3. The Balaban J connectivity index is 1.33. The van der Waals surface area contributed by atoms with Crippen molar-refractivity contribution in [1.82, 2.24) is 20.4 Å². The molecule has 1 aromatic heterocycles. The highest BCUT2D eigenvalue weighted by molar-refractivity contribution is 6.31. The highest BCUT2D eigenvalue weighted by Crippen LogP contribution is 2.29. The van der Waals surface area contributed by atoms with E-state index in [9.17, 15) is 4.79 Å². The predicted molar refractivity (Wildman–Crippen MR) is 116 cm³/mol. The summed E-state index contributed by atoms with van der Waals surface area (Å²) in [5.74, 6) is 0.899. The van der Waals surface area contributed by atoms with E-state index < -0.39 is 0 Å². The third kappa shape index (κ3) is 5.07. The highest BCUT2D eigenvalue weighted by Gasteiger charge is 2.25. The average molecular weight is 425 g/mol. The minimum atomic E-state index is -0.0364. The van der Waals surface area contributed by atoms with Crippen molar-refractivity contribution in [2.24, 2.45) is 0 Å². The number of aromatic nitrogens is 2. The summed E-state index contributed by atoms with van der Waals surface area (Å²) in [5.41, 5.74) is 1.93. The van der Waals surface area contributed by atoms with Crippen molar-refractivity contribution < 1.29 is 9.21 Å². The predicted octanol–water partition coefficient (Wildman–Crippen LogP) is 4.28. The fourth-order valence-corrected chi connectivity index (χ4v) is 4.07. The number of halogens is 1. The molecule has 7 heteroatoms. The SMILES string of the molecule is O=C(CCc1nnc(-c2ccccc2)o1)NCC(c1ccccc1Cl)N1CCCC1. The lowest BCUT2D eigenvalue weighted by atomic mass is 10.1. The molecule has 2 heterocycles. The van der Waals surface area contributed by atoms with E-state index in [-0.39, 0.29) is 11.9 Å². The summed E-state index contributed by atoms with van der Waals surface area (Å²) < 4.78 is 5.68. The molecule has 1 saturated heterocycles. The molecular weight excluding hydrogens is 400 g/mol. The van der Waals surface area contributed by atoms with Gasteiger partial charge in [0, 0.05) is 30.0 Å². The molecule has 1 amide bonds. The van der Waals surface area contributed by atoms with Crippen LogP contribution in [0.3, 0.4) is 0 Å². The first kappa shape index (κ1) is 20.6. The van der Waals surface area contributed by atoms with Crippen molar-refractivity contribution in [3.8, 4) is 11.5 Å². The van der Waals surface area contributed by atoms with Gasteiger partial charge in [0.25, 0.3) is 0 Å². The van der Waals surface area contributed by atoms with Crippen LogP contribution in [0.4, 0.5) is 0 Å². The van der Waals surface area contributed by atoms with E-state index in [0.717, 1.165) is 29.2 Å². The van der Waals surface area contributed by atoms with Crippen LogP contribution < -0.4 is 5.32 Å². The maximum atomic E-state index is 12.5. The zero-order valence-corrected chi connectivity index (χ0v) is 17.5. The number of hydrogen-bond acceptors (Lipinski definition) is 5. The Hall–Kier alpha value is -2.70. The number of benzene rings is 2. The fourth-order valence-electron chi connectivity index (χ4n) is 3.81. The Morgan fingerprint density at radius 3 is 2.57 bits per heavy atom. The van der Waals surface area contributed by atoms with Crippen molar-refractivity contribution in [1.29, 1.82) is 0 Å². The van der Waals surface area contributed by atoms with Gasteiger partial charge in [0.15, 0.2) is 0 Å². The summed E-state index contributed by atoms with van der Waals surface area (Å²) in [6, 6.07) is 17.6. The van der Waals surface area contributed by atoms with E-state index in [2.05, 4.69) is 20.4 Å². The van der Waals surface area contributed by atoms with Gasteiger partial charge in [-0.1, -0.05) is 48.0 Å². The summed E-state index contributed by atoms with van der Waals surface area (Å²) in [4.78, 5) is 14.9. The second-order valence-electron chi connectivity index (χ2n) is 7.45. The van der Waals surface area contributed by atoms with Crippen molar-refractivity contribution in [2.75, 3.05) is 19.6 Å². The molecule has 0 aliphatic carbocycles. The summed E-state index contributed by atoms with van der Waals surface area (Å²) >= 11 is 6.44. The van der Waals surface area contributed by atoms with E-state index in [4.69, 9.17) is 16.0 Å². The number of amides is 1. The third-order valence-corrected chi connectivity index (χ3v) is 5.74. The summed E-state index contributed by atoms with van der Waals surface area (Å²) in [7, 11) is 0. The van der Waals surface area contributed by atoms with Gasteiger partial charge in [-0.25, -0.2) is 0 Å². The van der Waals surface area contributed by atoms with Gasteiger partial charge in [-0.3, -0.25) is 9.69 Å². The van der Waals surface area contributed by atoms with E-state index in [1.54, 1.807) is 0 Å². The molecule has 0 radical (unpaired) electrons. The second kappa shape index (κ2) is 9.87. The molecule has 1 fully saturated rings. The quantitative estimate of drug-likeness (QED) is 0.584. The second-order valence-corrected chi connectivity index (χ2v) is 7.86. The van der Waals surface area contributed by atoms with Gasteiger partial charge in [-0.15, -0.1) is 10.2 Å². The highest BCUT2D eigenvalue weighted by atomic mass is 35.5. The molecule has 3 aromatic rings. The Kier molecular flexibility index (Phi) is 6.77. The molecule has 0 saturated carbocycles. The smallest absolute Gasteiger partial charge is 0.247 e. The minimum absolute atomic E-state index is 0.0364. The van der Waals surface area contributed by atoms with Gasteiger partial charge in [0.1, 0.15) is 0 Å². The normalized spacial score (nSPS) is 15.2. The van der Waals surface area contributed by atoms with Gasteiger partial charge in [0.05, 0.1) is 6.04 Å². The molecule has 30 heavy (non-hydrogen) atoms. The molecule has 6 nitrogen and oxygen atoms in total. The number of rotatable bonds is 8. The van der Waals surface area contributed by atoms with Gasteiger partial charge in [-0.2, -0.15) is 0 Å². The first-order valence-electron chi connectivity index (χ1n) is 10.3. The lowest BCUT2D eigenvalue weighted by molar-refractivity contribution is -0.121. The van der Waals surface area contributed by atoms with E-state index >= 15 is 0 Å². The molecule has 156 valence electrons. The monoisotopic (exact) mass is 424 g/mol.